The van der Waals surface area contributed by atoms with Crippen LogP contribution in [0.1, 0.15) is 41.8 Å². The van der Waals surface area contributed by atoms with E-state index in [4.69, 9.17) is 4.98 Å². The van der Waals surface area contributed by atoms with Crippen LogP contribution in [-0.2, 0) is 17.6 Å². The molecule has 0 unspecified atom stereocenters. The topological polar surface area (TPSA) is 64.0 Å². The average molecular weight is 571 g/mol. The van der Waals surface area contributed by atoms with Crippen LogP contribution in [0.5, 0.6) is 0 Å². The number of hydrogen-bond acceptors (Lipinski definition) is 5. The highest BCUT2D eigenvalue weighted by molar-refractivity contribution is 9.10. The van der Waals surface area contributed by atoms with Gasteiger partial charge in [-0.2, -0.15) is 0 Å². The van der Waals surface area contributed by atoms with E-state index in [1.165, 1.54) is 22.2 Å². The van der Waals surface area contributed by atoms with Crippen LogP contribution < -0.4 is 10.9 Å². The van der Waals surface area contributed by atoms with E-state index >= 15 is 0 Å². The van der Waals surface area contributed by atoms with Crippen LogP contribution in [0.25, 0.3) is 15.9 Å². The van der Waals surface area contributed by atoms with Crippen molar-refractivity contribution in [2.24, 2.45) is 0 Å². The Morgan fingerprint density at radius 1 is 1.14 bits per heavy atom. The van der Waals surface area contributed by atoms with Gasteiger partial charge in [-0.05, 0) is 73.7 Å². The second-order valence-electron chi connectivity index (χ2n) is 8.43. The van der Waals surface area contributed by atoms with E-state index in [1.54, 1.807) is 15.9 Å². The molecule has 0 spiro atoms. The quantitative estimate of drug-likeness (QED) is 0.182. The number of hydrogen-bond donors (Lipinski definition) is 1. The number of aryl methyl sites for hydroxylation is 4. The van der Waals surface area contributed by atoms with E-state index in [1.807, 2.05) is 56.3 Å². The zero-order valence-corrected chi connectivity index (χ0v) is 23.5. The number of carbonyl (C=O) groups excluding carboxylic acids is 1. The highest BCUT2D eigenvalue weighted by Gasteiger charge is 2.20. The Bertz CT molecular complexity index is 1440. The molecule has 0 aliphatic heterocycles. The number of anilines is 1. The van der Waals surface area contributed by atoms with Crippen molar-refractivity contribution < 1.29 is 4.79 Å². The van der Waals surface area contributed by atoms with Gasteiger partial charge in [-0.1, -0.05) is 60.1 Å². The van der Waals surface area contributed by atoms with Gasteiger partial charge in [0.25, 0.3) is 5.56 Å². The lowest BCUT2D eigenvalue weighted by Crippen LogP contribution is -2.23. The van der Waals surface area contributed by atoms with Gasteiger partial charge in [0, 0.05) is 15.0 Å². The van der Waals surface area contributed by atoms with Crippen LogP contribution in [0.15, 0.2) is 56.9 Å². The van der Waals surface area contributed by atoms with Crippen LogP contribution in [0.2, 0.25) is 0 Å². The molecule has 182 valence electrons. The van der Waals surface area contributed by atoms with E-state index < -0.39 is 0 Å². The Kier molecular flexibility index (Phi) is 8.14. The van der Waals surface area contributed by atoms with Crippen LogP contribution in [0.4, 0.5) is 5.69 Å². The van der Waals surface area contributed by atoms with Crippen molar-refractivity contribution in [1.82, 2.24) is 9.55 Å². The van der Waals surface area contributed by atoms with Gasteiger partial charge in [-0.25, -0.2) is 4.98 Å². The van der Waals surface area contributed by atoms with Gasteiger partial charge in [0.05, 0.1) is 16.8 Å². The Morgan fingerprint density at radius 2 is 1.89 bits per heavy atom. The zero-order chi connectivity index (χ0) is 25.1. The Morgan fingerprint density at radius 3 is 2.54 bits per heavy atom. The summed E-state index contributed by atoms with van der Waals surface area (Å²) in [6.07, 6.45) is 2.86. The molecule has 2 aromatic heterocycles. The number of rotatable bonds is 8. The summed E-state index contributed by atoms with van der Waals surface area (Å²) in [5.41, 5.74) is 4.64. The maximum absolute atomic E-state index is 13.8. The first-order chi connectivity index (χ1) is 16.8. The molecule has 0 radical (unpaired) electrons. The SMILES string of the molecule is CCCc1sc2nc(SCC(=O)Nc3ccc(Br)cc3C)n(-c3ccc(CC)cc3)c(=O)c2c1C. The maximum Gasteiger partial charge on any atom is 0.267 e. The summed E-state index contributed by atoms with van der Waals surface area (Å²) in [4.78, 5) is 33.4. The number of carbonyl (C=O) groups is 1. The molecule has 0 saturated heterocycles. The summed E-state index contributed by atoms with van der Waals surface area (Å²) in [6.45, 7) is 8.20. The molecule has 4 rings (SSSR count). The molecular weight excluding hydrogens is 542 g/mol. The normalized spacial score (nSPS) is 11.2. The smallest absolute Gasteiger partial charge is 0.267 e. The fourth-order valence-corrected chi connectivity index (χ4v) is 6.57. The third kappa shape index (κ3) is 5.55. The Labute approximate surface area is 222 Å². The first kappa shape index (κ1) is 25.7. The molecule has 35 heavy (non-hydrogen) atoms. The van der Waals surface area contributed by atoms with Crippen LogP contribution >= 0.6 is 39.0 Å². The fourth-order valence-electron chi connectivity index (χ4n) is 3.96. The molecule has 4 aromatic rings. The minimum Gasteiger partial charge on any atom is -0.325 e. The van der Waals surface area contributed by atoms with Gasteiger partial charge < -0.3 is 5.32 Å². The summed E-state index contributed by atoms with van der Waals surface area (Å²) in [5, 5.41) is 4.18. The molecule has 0 aliphatic rings. The molecule has 0 fully saturated rings. The molecule has 1 amide bonds. The largest absolute Gasteiger partial charge is 0.325 e. The summed E-state index contributed by atoms with van der Waals surface area (Å²) < 4.78 is 2.62. The summed E-state index contributed by atoms with van der Waals surface area (Å²) in [5.74, 6) is 0.00354. The molecule has 2 heterocycles. The molecule has 1 N–H and O–H groups in total. The summed E-state index contributed by atoms with van der Waals surface area (Å²) in [7, 11) is 0. The summed E-state index contributed by atoms with van der Waals surface area (Å²) in [6, 6.07) is 13.7. The van der Waals surface area contributed by atoms with Crippen molar-refractivity contribution in [2.45, 2.75) is 52.1 Å². The standard InChI is InChI=1S/C27H28BrN3O2S2/c1-5-7-22-17(4)24-25(35-22)30-27(31(26(24)33)20-11-8-18(6-2)9-12-20)34-15-23(32)29-21-13-10-19(28)14-16(21)3/h8-14H,5-7,15H2,1-4H3,(H,29,32). The highest BCUT2D eigenvalue weighted by Crippen LogP contribution is 2.31. The maximum atomic E-state index is 13.8. The lowest BCUT2D eigenvalue weighted by molar-refractivity contribution is -0.113. The molecule has 2 aromatic carbocycles. The minimum atomic E-state index is -0.142. The molecule has 0 atom stereocenters. The Balaban J connectivity index is 1.71. The van der Waals surface area contributed by atoms with E-state index in [-0.39, 0.29) is 17.2 Å². The molecule has 8 heteroatoms. The predicted molar refractivity (Wildman–Crippen MR) is 152 cm³/mol. The number of nitrogens with zero attached hydrogens (tertiary/aromatic N) is 2. The zero-order valence-electron chi connectivity index (χ0n) is 20.3. The van der Waals surface area contributed by atoms with Gasteiger partial charge in [0.1, 0.15) is 4.83 Å². The first-order valence-electron chi connectivity index (χ1n) is 11.7. The van der Waals surface area contributed by atoms with Crippen molar-refractivity contribution in [3.63, 3.8) is 0 Å². The molecule has 0 bridgehead atoms. The van der Waals surface area contributed by atoms with E-state index in [2.05, 4.69) is 35.1 Å². The first-order valence-corrected chi connectivity index (χ1v) is 14.2. The van der Waals surface area contributed by atoms with E-state index in [0.29, 0.717) is 10.5 Å². The van der Waals surface area contributed by atoms with E-state index in [9.17, 15) is 9.59 Å². The third-order valence-corrected chi connectivity index (χ3v) is 8.58. The number of benzene rings is 2. The van der Waals surface area contributed by atoms with Crippen LogP contribution in [-0.4, -0.2) is 21.2 Å². The predicted octanol–water partition coefficient (Wildman–Crippen LogP) is 7.07. The van der Waals surface area contributed by atoms with Gasteiger partial charge in [-0.15, -0.1) is 11.3 Å². The number of aromatic nitrogens is 2. The van der Waals surface area contributed by atoms with Gasteiger partial charge in [0.2, 0.25) is 5.91 Å². The van der Waals surface area contributed by atoms with Crippen molar-refractivity contribution >= 4 is 60.8 Å². The van der Waals surface area contributed by atoms with Crippen molar-refractivity contribution in [1.29, 1.82) is 0 Å². The van der Waals surface area contributed by atoms with Gasteiger partial charge in [0.15, 0.2) is 5.16 Å². The van der Waals surface area contributed by atoms with Crippen molar-refractivity contribution in [3.8, 4) is 5.69 Å². The fraction of sp³-hybridized carbons (Fsp3) is 0.296. The lowest BCUT2D eigenvalue weighted by Gasteiger charge is -2.13. The third-order valence-electron chi connectivity index (χ3n) is 5.91. The molecule has 0 saturated carbocycles. The van der Waals surface area contributed by atoms with Crippen molar-refractivity contribution in [2.75, 3.05) is 11.1 Å². The number of thioether (sulfide) groups is 1. The second kappa shape index (κ2) is 11.1. The highest BCUT2D eigenvalue weighted by atomic mass is 79.9. The number of thiophene rings is 1. The second-order valence-corrected chi connectivity index (χ2v) is 11.4. The number of nitrogens with one attached hydrogen (secondary N) is 1. The molecular formula is C27H28BrN3O2S2. The summed E-state index contributed by atoms with van der Waals surface area (Å²) >= 11 is 6.32. The van der Waals surface area contributed by atoms with Crippen molar-refractivity contribution in [3.05, 3.63) is 78.9 Å². The number of amides is 1. The molecule has 5 nitrogen and oxygen atoms in total. The van der Waals surface area contributed by atoms with Crippen LogP contribution in [0.3, 0.4) is 0 Å². The lowest BCUT2D eigenvalue weighted by atomic mass is 10.1. The van der Waals surface area contributed by atoms with E-state index in [0.717, 1.165) is 51.1 Å². The van der Waals surface area contributed by atoms with Gasteiger partial charge in [-0.3, -0.25) is 14.2 Å². The molecule has 0 aliphatic carbocycles. The monoisotopic (exact) mass is 569 g/mol. The van der Waals surface area contributed by atoms with Gasteiger partial charge >= 0.3 is 0 Å². The Hall–Kier alpha value is -2.42. The average Bonchev–Trinajstić information content (AvgIpc) is 3.15. The minimum absolute atomic E-state index is 0.0815. The van der Waals surface area contributed by atoms with Crippen LogP contribution in [0, 0.1) is 13.8 Å². The number of fused-ring (bicyclic) bond motifs is 1. The number of halogens is 1.